The molecule has 2 rings (SSSR count). The molecule has 0 unspecified atom stereocenters. The van der Waals surface area contributed by atoms with Gasteiger partial charge in [0.15, 0.2) is 0 Å². The van der Waals surface area contributed by atoms with Gasteiger partial charge in [-0.15, -0.1) is 0 Å². The number of halogens is 2. The number of hydrogen-bond donors (Lipinski definition) is 0. The average molecular weight is 273 g/mol. The van der Waals surface area contributed by atoms with Gasteiger partial charge >= 0.3 is 0 Å². The molecule has 0 saturated heterocycles. The molecule has 88 valence electrons. The van der Waals surface area contributed by atoms with Crippen LogP contribution in [0.5, 0.6) is 0 Å². The summed E-state index contributed by atoms with van der Waals surface area (Å²) in [5, 5.41) is 1.46. The number of hydrogen-bond acceptors (Lipinski definition) is 0. The summed E-state index contributed by atoms with van der Waals surface area (Å²) in [5.41, 5.74) is 2.02. The van der Waals surface area contributed by atoms with Gasteiger partial charge in [0.25, 0.3) is 0 Å². The van der Waals surface area contributed by atoms with E-state index >= 15 is 0 Å². The summed E-state index contributed by atoms with van der Waals surface area (Å²) in [6.45, 7) is 0. The zero-order valence-electron chi connectivity index (χ0n) is 9.53. The molecule has 0 aliphatic heterocycles. The lowest BCUT2D eigenvalue weighted by Crippen LogP contribution is -1.72. The van der Waals surface area contributed by atoms with Crippen LogP contribution in [0.2, 0.25) is 10.0 Å². The minimum atomic E-state index is 0.720. The largest absolute Gasteiger partial charge is 0.0843 e. The first kappa shape index (κ1) is 12.8. The first-order valence-electron chi connectivity index (χ1n) is 5.43. The molecule has 0 saturated carbocycles. The van der Waals surface area contributed by atoms with Crippen molar-refractivity contribution in [2.24, 2.45) is 0 Å². The average Bonchev–Trinajstić information content (AvgIpc) is 2.39. The number of allylic oxidation sites excluding steroid dienone is 1. The molecule has 2 aromatic carbocycles. The molecule has 0 spiro atoms. The van der Waals surface area contributed by atoms with Crippen LogP contribution in [0.15, 0.2) is 54.6 Å². The molecule has 0 nitrogen and oxygen atoms in total. The highest BCUT2D eigenvalue weighted by molar-refractivity contribution is 6.30. The Labute approximate surface area is 117 Å². The summed E-state index contributed by atoms with van der Waals surface area (Å²) < 4.78 is 0. The molecular weight excluding hydrogens is 263 g/mol. The van der Waals surface area contributed by atoms with Crippen LogP contribution in [-0.4, -0.2) is 0 Å². The van der Waals surface area contributed by atoms with E-state index in [2.05, 4.69) is 11.8 Å². The Balaban J connectivity index is 2.03. The van der Waals surface area contributed by atoms with Crippen molar-refractivity contribution in [3.8, 4) is 11.8 Å². The van der Waals surface area contributed by atoms with Crippen LogP contribution in [0.1, 0.15) is 11.1 Å². The lowest BCUT2D eigenvalue weighted by molar-refractivity contribution is 1.64. The van der Waals surface area contributed by atoms with Gasteiger partial charge in [-0.25, -0.2) is 0 Å². The van der Waals surface area contributed by atoms with Crippen molar-refractivity contribution in [1.82, 2.24) is 0 Å². The molecule has 0 N–H and O–H groups in total. The second-order valence-electron chi connectivity index (χ2n) is 3.66. The fourth-order valence-electron chi connectivity index (χ4n) is 1.37. The Morgan fingerprint density at radius 3 is 1.94 bits per heavy atom. The molecule has 18 heavy (non-hydrogen) atoms. The van der Waals surface area contributed by atoms with E-state index < -0.39 is 0 Å². The molecule has 0 aliphatic rings. The second-order valence-corrected chi connectivity index (χ2v) is 4.53. The third-order valence-electron chi connectivity index (χ3n) is 2.29. The molecule has 0 aromatic heterocycles. The Bertz CT molecular complexity index is 596. The molecule has 0 aliphatic carbocycles. The molecular formula is C16H10Cl2. The van der Waals surface area contributed by atoms with Crippen molar-refractivity contribution >= 4 is 29.3 Å². The van der Waals surface area contributed by atoms with Crippen molar-refractivity contribution in [3.05, 3.63) is 75.8 Å². The van der Waals surface area contributed by atoms with Gasteiger partial charge in [0, 0.05) is 15.6 Å². The maximum absolute atomic E-state index is 5.80. The van der Waals surface area contributed by atoms with E-state index in [0.29, 0.717) is 0 Å². The molecule has 0 heterocycles. The zero-order valence-corrected chi connectivity index (χ0v) is 11.0. The van der Waals surface area contributed by atoms with E-state index in [1.165, 1.54) is 0 Å². The zero-order chi connectivity index (χ0) is 12.8. The van der Waals surface area contributed by atoms with E-state index in [4.69, 9.17) is 23.2 Å². The van der Waals surface area contributed by atoms with Crippen LogP contribution < -0.4 is 0 Å². The van der Waals surface area contributed by atoms with Gasteiger partial charge in [-0.2, -0.15) is 0 Å². The minimum Gasteiger partial charge on any atom is -0.0843 e. The Morgan fingerprint density at radius 1 is 0.778 bits per heavy atom. The molecule has 0 amide bonds. The number of rotatable bonds is 1. The highest BCUT2D eigenvalue weighted by Crippen LogP contribution is 2.10. The SMILES string of the molecule is Clc1ccc(C#C/C=C/c2ccc(Cl)cc2)cc1. The summed E-state index contributed by atoms with van der Waals surface area (Å²) in [7, 11) is 0. The third-order valence-corrected chi connectivity index (χ3v) is 2.79. The van der Waals surface area contributed by atoms with E-state index in [9.17, 15) is 0 Å². The van der Waals surface area contributed by atoms with Crippen LogP contribution in [0, 0.1) is 11.8 Å². The summed E-state index contributed by atoms with van der Waals surface area (Å²) in [5.74, 6) is 6.01. The molecule has 2 heteroatoms. The normalized spacial score (nSPS) is 10.1. The molecule has 0 fully saturated rings. The van der Waals surface area contributed by atoms with Gasteiger partial charge < -0.3 is 0 Å². The van der Waals surface area contributed by atoms with Gasteiger partial charge in [0.2, 0.25) is 0 Å². The monoisotopic (exact) mass is 272 g/mol. The fraction of sp³-hybridized carbons (Fsp3) is 0. The second kappa shape index (κ2) is 6.31. The maximum atomic E-state index is 5.80. The standard InChI is InChI=1S/C16H10Cl2/c17-15-9-5-13(6-10-15)3-1-2-4-14-7-11-16(18)12-8-14/h1,3,5-12H/b3-1+. The molecule has 0 radical (unpaired) electrons. The predicted octanol–water partition coefficient (Wildman–Crippen LogP) is 5.06. The summed E-state index contributed by atoms with van der Waals surface area (Å²) >= 11 is 11.6. The topological polar surface area (TPSA) is 0 Å². The van der Waals surface area contributed by atoms with E-state index in [-0.39, 0.29) is 0 Å². The summed E-state index contributed by atoms with van der Waals surface area (Å²) in [4.78, 5) is 0. The van der Waals surface area contributed by atoms with Crippen LogP contribution in [0.3, 0.4) is 0 Å². The van der Waals surface area contributed by atoms with E-state index in [0.717, 1.165) is 21.2 Å². The highest BCUT2D eigenvalue weighted by atomic mass is 35.5. The highest BCUT2D eigenvalue weighted by Gasteiger charge is 1.87. The van der Waals surface area contributed by atoms with Crippen LogP contribution in [0.25, 0.3) is 6.08 Å². The summed E-state index contributed by atoms with van der Waals surface area (Å²) in [6.07, 6.45) is 3.76. The van der Waals surface area contributed by atoms with Crippen molar-refractivity contribution < 1.29 is 0 Å². The van der Waals surface area contributed by atoms with Crippen molar-refractivity contribution in [2.45, 2.75) is 0 Å². The van der Waals surface area contributed by atoms with Crippen LogP contribution in [-0.2, 0) is 0 Å². The van der Waals surface area contributed by atoms with Crippen LogP contribution >= 0.6 is 23.2 Å². The molecule has 0 atom stereocenters. The molecule has 2 aromatic rings. The van der Waals surface area contributed by atoms with Gasteiger partial charge in [-0.1, -0.05) is 47.2 Å². The van der Waals surface area contributed by atoms with Gasteiger partial charge in [-0.05, 0) is 54.1 Å². The fourth-order valence-corrected chi connectivity index (χ4v) is 1.62. The quantitative estimate of drug-likeness (QED) is 0.637. The summed E-state index contributed by atoms with van der Waals surface area (Å²) in [6, 6.07) is 15.0. The van der Waals surface area contributed by atoms with Gasteiger partial charge in [0.1, 0.15) is 0 Å². The number of benzene rings is 2. The van der Waals surface area contributed by atoms with Crippen molar-refractivity contribution in [1.29, 1.82) is 0 Å². The Morgan fingerprint density at radius 2 is 1.33 bits per heavy atom. The predicted molar refractivity (Wildman–Crippen MR) is 78.8 cm³/mol. The van der Waals surface area contributed by atoms with E-state index in [1.54, 1.807) is 0 Å². The van der Waals surface area contributed by atoms with Gasteiger partial charge in [0.05, 0.1) is 0 Å². The van der Waals surface area contributed by atoms with Crippen molar-refractivity contribution in [3.63, 3.8) is 0 Å². The first-order chi connectivity index (χ1) is 8.74. The lowest BCUT2D eigenvalue weighted by atomic mass is 10.2. The lowest BCUT2D eigenvalue weighted by Gasteiger charge is -1.91. The smallest absolute Gasteiger partial charge is 0.0406 e. The first-order valence-corrected chi connectivity index (χ1v) is 6.19. The van der Waals surface area contributed by atoms with E-state index in [1.807, 2.05) is 60.7 Å². The third kappa shape index (κ3) is 3.96. The van der Waals surface area contributed by atoms with Gasteiger partial charge in [-0.3, -0.25) is 0 Å². The Kier molecular flexibility index (Phi) is 4.47. The maximum Gasteiger partial charge on any atom is 0.0406 e. The molecule has 0 bridgehead atoms. The Hall–Kier alpha value is -1.68. The van der Waals surface area contributed by atoms with Crippen molar-refractivity contribution in [2.75, 3.05) is 0 Å². The van der Waals surface area contributed by atoms with Crippen LogP contribution in [0.4, 0.5) is 0 Å². The minimum absolute atomic E-state index is 0.720.